The van der Waals surface area contributed by atoms with Gasteiger partial charge >= 0.3 is 11.9 Å². The van der Waals surface area contributed by atoms with Gasteiger partial charge in [0.25, 0.3) is 0 Å². The van der Waals surface area contributed by atoms with Gasteiger partial charge in [-0.2, -0.15) is 5.10 Å². The number of rotatable bonds is 4. The van der Waals surface area contributed by atoms with Crippen molar-refractivity contribution in [3.05, 3.63) is 33.7 Å². The number of anilines is 1. The largest absolute Gasteiger partial charge is 0.466 e. The van der Waals surface area contributed by atoms with E-state index in [1.165, 1.54) is 14.2 Å². The first-order valence-electron chi connectivity index (χ1n) is 5.84. The summed E-state index contributed by atoms with van der Waals surface area (Å²) in [5.74, 6) is -1.34. The molecule has 21 heavy (non-hydrogen) atoms. The molecule has 1 aromatic carbocycles. The standard InChI is InChI=1S/C13H12IN3O4/c1-20-10(18)6-9(13(19)21-2)15-8-5-3-4-7-11(8)16-17-12(7)14/h3-6,15H,1-2H3,(H,16,17)/b9-6+. The topological polar surface area (TPSA) is 93.3 Å². The second-order valence-corrected chi connectivity index (χ2v) is 5.02. The van der Waals surface area contributed by atoms with Crippen LogP contribution in [0, 0.1) is 3.70 Å². The number of halogens is 1. The number of hydrogen-bond acceptors (Lipinski definition) is 6. The van der Waals surface area contributed by atoms with Crippen molar-refractivity contribution in [2.24, 2.45) is 0 Å². The van der Waals surface area contributed by atoms with E-state index >= 15 is 0 Å². The summed E-state index contributed by atoms with van der Waals surface area (Å²) in [5, 5.41) is 10.8. The molecule has 110 valence electrons. The molecule has 0 saturated heterocycles. The minimum absolute atomic E-state index is 0.0325. The maximum Gasteiger partial charge on any atom is 0.354 e. The summed E-state index contributed by atoms with van der Waals surface area (Å²) >= 11 is 2.12. The number of fused-ring (bicyclic) bond motifs is 1. The summed E-state index contributed by atoms with van der Waals surface area (Å²) in [4.78, 5) is 23.0. The number of esters is 2. The van der Waals surface area contributed by atoms with Gasteiger partial charge in [-0.3, -0.25) is 5.10 Å². The smallest absolute Gasteiger partial charge is 0.354 e. The third kappa shape index (κ3) is 3.32. The quantitative estimate of drug-likeness (QED) is 0.461. The number of benzene rings is 1. The van der Waals surface area contributed by atoms with E-state index in [-0.39, 0.29) is 5.70 Å². The molecule has 0 aliphatic carbocycles. The van der Waals surface area contributed by atoms with Crippen LogP contribution in [0.25, 0.3) is 10.9 Å². The number of carbonyl (C=O) groups is 2. The highest BCUT2D eigenvalue weighted by atomic mass is 127. The fraction of sp³-hybridized carbons (Fsp3) is 0.154. The van der Waals surface area contributed by atoms with Crippen molar-refractivity contribution < 1.29 is 19.1 Å². The Bertz CT molecular complexity index is 723. The van der Waals surface area contributed by atoms with Crippen molar-refractivity contribution in [3.63, 3.8) is 0 Å². The van der Waals surface area contributed by atoms with Crippen LogP contribution < -0.4 is 5.32 Å². The predicted octanol–water partition coefficient (Wildman–Crippen LogP) is 1.81. The van der Waals surface area contributed by atoms with E-state index in [1.807, 2.05) is 12.1 Å². The van der Waals surface area contributed by atoms with Gasteiger partial charge in [-0.25, -0.2) is 9.59 Å². The summed E-state index contributed by atoms with van der Waals surface area (Å²) < 4.78 is 10.0. The minimum Gasteiger partial charge on any atom is -0.466 e. The fourth-order valence-electron chi connectivity index (χ4n) is 1.69. The average Bonchev–Trinajstić information content (AvgIpc) is 2.88. The molecule has 0 aliphatic heterocycles. The Labute approximate surface area is 133 Å². The van der Waals surface area contributed by atoms with Crippen LogP contribution >= 0.6 is 22.6 Å². The predicted molar refractivity (Wildman–Crippen MR) is 84.5 cm³/mol. The number of methoxy groups -OCH3 is 2. The maximum atomic E-state index is 11.7. The van der Waals surface area contributed by atoms with Crippen molar-refractivity contribution in [2.45, 2.75) is 0 Å². The molecule has 0 unspecified atom stereocenters. The minimum atomic E-state index is -0.678. The second-order valence-electron chi connectivity index (χ2n) is 3.94. The second kappa shape index (κ2) is 6.57. The Morgan fingerprint density at radius 3 is 2.76 bits per heavy atom. The van der Waals surface area contributed by atoms with Crippen molar-refractivity contribution in [2.75, 3.05) is 19.5 Å². The number of para-hydroxylation sites is 1. The van der Waals surface area contributed by atoms with Crippen LogP contribution in [-0.4, -0.2) is 36.4 Å². The van der Waals surface area contributed by atoms with Crippen LogP contribution in [0.4, 0.5) is 5.69 Å². The van der Waals surface area contributed by atoms with Gasteiger partial charge in [-0.1, -0.05) is 6.07 Å². The van der Waals surface area contributed by atoms with Crippen LogP contribution in [0.2, 0.25) is 0 Å². The molecule has 1 heterocycles. The molecule has 2 rings (SSSR count). The Kier molecular flexibility index (Phi) is 4.78. The molecule has 0 fully saturated rings. The van der Waals surface area contributed by atoms with Gasteiger partial charge in [-0.05, 0) is 34.7 Å². The van der Waals surface area contributed by atoms with Crippen molar-refractivity contribution in [3.8, 4) is 0 Å². The molecule has 0 amide bonds. The van der Waals surface area contributed by atoms with Gasteiger partial charge in [-0.15, -0.1) is 0 Å². The Hall–Kier alpha value is -2.10. The fourth-order valence-corrected chi connectivity index (χ4v) is 2.24. The Morgan fingerprint density at radius 2 is 2.10 bits per heavy atom. The molecule has 0 saturated carbocycles. The third-order valence-electron chi connectivity index (χ3n) is 2.68. The molecule has 0 atom stereocenters. The van der Waals surface area contributed by atoms with Crippen LogP contribution in [0.5, 0.6) is 0 Å². The Balaban J connectivity index is 2.41. The molecule has 0 spiro atoms. The molecular weight excluding hydrogens is 389 g/mol. The first-order chi connectivity index (χ1) is 10.1. The van der Waals surface area contributed by atoms with E-state index in [0.717, 1.165) is 15.2 Å². The molecule has 0 bridgehead atoms. The van der Waals surface area contributed by atoms with Crippen molar-refractivity contribution in [1.29, 1.82) is 0 Å². The third-order valence-corrected chi connectivity index (χ3v) is 3.50. The maximum absolute atomic E-state index is 11.7. The molecule has 0 aliphatic rings. The van der Waals surface area contributed by atoms with Gasteiger partial charge in [0.2, 0.25) is 0 Å². The van der Waals surface area contributed by atoms with E-state index in [0.29, 0.717) is 11.2 Å². The molecular formula is C13H12IN3O4. The van der Waals surface area contributed by atoms with Crippen molar-refractivity contribution >= 4 is 51.1 Å². The average molecular weight is 401 g/mol. The van der Waals surface area contributed by atoms with Gasteiger partial charge in [0.05, 0.1) is 26.0 Å². The van der Waals surface area contributed by atoms with Crippen LogP contribution in [0.3, 0.4) is 0 Å². The lowest BCUT2D eigenvalue weighted by Crippen LogP contribution is -2.15. The molecule has 0 radical (unpaired) electrons. The monoisotopic (exact) mass is 401 g/mol. The highest BCUT2D eigenvalue weighted by Gasteiger charge is 2.15. The molecule has 2 N–H and O–H groups in total. The molecule has 7 nitrogen and oxygen atoms in total. The molecule has 1 aromatic heterocycles. The number of hydrogen-bond donors (Lipinski definition) is 2. The summed E-state index contributed by atoms with van der Waals surface area (Å²) in [6, 6.07) is 5.45. The lowest BCUT2D eigenvalue weighted by Gasteiger charge is -2.09. The van der Waals surface area contributed by atoms with E-state index in [1.54, 1.807) is 6.07 Å². The van der Waals surface area contributed by atoms with Crippen molar-refractivity contribution in [1.82, 2.24) is 10.2 Å². The highest BCUT2D eigenvalue weighted by Crippen LogP contribution is 2.25. The van der Waals surface area contributed by atoms with E-state index < -0.39 is 11.9 Å². The number of aromatic nitrogens is 2. The van der Waals surface area contributed by atoms with Crippen LogP contribution in [0.15, 0.2) is 30.0 Å². The van der Waals surface area contributed by atoms with Gasteiger partial charge in [0.15, 0.2) is 0 Å². The SMILES string of the molecule is COC(=O)/C=C(/Nc1cccc2c(I)[nH]nc12)C(=O)OC. The van der Waals surface area contributed by atoms with Gasteiger partial charge in [0, 0.05) is 5.39 Å². The number of H-pyrrole nitrogens is 1. The zero-order valence-electron chi connectivity index (χ0n) is 11.3. The zero-order valence-corrected chi connectivity index (χ0v) is 13.4. The van der Waals surface area contributed by atoms with Gasteiger partial charge in [0.1, 0.15) is 14.9 Å². The number of aromatic amines is 1. The van der Waals surface area contributed by atoms with E-state index in [9.17, 15) is 9.59 Å². The number of nitrogens with zero attached hydrogens (tertiary/aromatic N) is 1. The van der Waals surface area contributed by atoms with Crippen LogP contribution in [-0.2, 0) is 19.1 Å². The van der Waals surface area contributed by atoms with E-state index in [4.69, 9.17) is 0 Å². The van der Waals surface area contributed by atoms with E-state index in [2.05, 4.69) is 47.6 Å². The lowest BCUT2D eigenvalue weighted by atomic mass is 10.2. The first kappa shape index (κ1) is 15.3. The molecule has 8 heteroatoms. The number of nitrogens with one attached hydrogen (secondary N) is 2. The number of ether oxygens (including phenoxy) is 2. The summed E-state index contributed by atoms with van der Waals surface area (Å²) in [7, 11) is 2.46. The number of carbonyl (C=O) groups excluding carboxylic acids is 2. The normalized spacial score (nSPS) is 11.3. The van der Waals surface area contributed by atoms with Crippen LogP contribution in [0.1, 0.15) is 0 Å². The highest BCUT2D eigenvalue weighted by molar-refractivity contribution is 14.1. The van der Waals surface area contributed by atoms with Gasteiger partial charge < -0.3 is 14.8 Å². The Morgan fingerprint density at radius 1 is 1.33 bits per heavy atom. The molecule has 2 aromatic rings. The zero-order chi connectivity index (χ0) is 15.4. The summed E-state index contributed by atoms with van der Waals surface area (Å²) in [6.07, 6.45) is 1.03. The summed E-state index contributed by atoms with van der Waals surface area (Å²) in [5.41, 5.74) is 1.20. The lowest BCUT2D eigenvalue weighted by molar-refractivity contribution is -0.138. The first-order valence-corrected chi connectivity index (χ1v) is 6.92. The summed E-state index contributed by atoms with van der Waals surface area (Å²) in [6.45, 7) is 0.